The molecule has 184 valence electrons. The van der Waals surface area contributed by atoms with Gasteiger partial charge in [-0.15, -0.1) is 0 Å². The third-order valence-electron chi connectivity index (χ3n) is 5.66. The Bertz CT molecular complexity index is 1140. The number of carbonyl (C=O) groups excluding carboxylic acids is 2. The van der Waals surface area contributed by atoms with E-state index >= 15 is 0 Å². The third-order valence-corrected chi connectivity index (χ3v) is 6.39. The van der Waals surface area contributed by atoms with Crippen LogP contribution in [-0.4, -0.2) is 48.4 Å². The van der Waals surface area contributed by atoms with Crippen LogP contribution in [0.25, 0.3) is 0 Å². The summed E-state index contributed by atoms with van der Waals surface area (Å²) in [4.78, 5) is 32.2. The van der Waals surface area contributed by atoms with Crippen molar-refractivity contribution in [3.63, 3.8) is 0 Å². The number of nitrogens with two attached hydrogens (primary N) is 1. The normalized spacial score (nSPS) is 12.7. The van der Waals surface area contributed by atoms with E-state index in [0.717, 1.165) is 11.1 Å². The number of likely N-dealkylation sites (N-methyl/N-ethyl adjacent to an activating group) is 1. The first-order valence-electron chi connectivity index (χ1n) is 11.2. The van der Waals surface area contributed by atoms with Crippen LogP contribution in [-0.2, 0) is 22.6 Å². The van der Waals surface area contributed by atoms with Gasteiger partial charge >= 0.3 is 0 Å². The molecule has 0 spiro atoms. The number of carbonyl (C=O) groups is 2. The molecule has 0 fully saturated rings. The second kappa shape index (κ2) is 12.5. The Morgan fingerprint density at radius 3 is 2.31 bits per heavy atom. The van der Waals surface area contributed by atoms with Gasteiger partial charge in [0.05, 0.1) is 22.0 Å². The number of rotatable bonds is 10. The maximum Gasteiger partial charge on any atom is 0.237 e. The highest BCUT2D eigenvalue weighted by molar-refractivity contribution is 6.42. The Morgan fingerprint density at radius 1 is 0.943 bits per heavy atom. The minimum atomic E-state index is -0.671. The van der Waals surface area contributed by atoms with E-state index in [9.17, 15) is 9.59 Å². The van der Waals surface area contributed by atoms with Gasteiger partial charge in [0.15, 0.2) is 0 Å². The van der Waals surface area contributed by atoms with Crippen molar-refractivity contribution in [3.05, 3.63) is 93.6 Å². The van der Waals surface area contributed by atoms with Crippen molar-refractivity contribution in [2.75, 3.05) is 26.4 Å². The van der Waals surface area contributed by atoms with Crippen LogP contribution in [0.4, 0.5) is 5.82 Å². The minimum absolute atomic E-state index is 0.0990. The molecule has 0 aliphatic heterocycles. The topological polar surface area (TPSA) is 100 Å². The van der Waals surface area contributed by atoms with Gasteiger partial charge in [-0.3, -0.25) is 14.5 Å². The van der Waals surface area contributed by atoms with Gasteiger partial charge < -0.3 is 16.4 Å². The molecule has 2 amide bonds. The van der Waals surface area contributed by atoms with Crippen molar-refractivity contribution in [1.29, 1.82) is 0 Å². The number of aromatic nitrogens is 1. The molecule has 1 aromatic heterocycles. The van der Waals surface area contributed by atoms with Gasteiger partial charge in [0.2, 0.25) is 11.8 Å². The molecule has 2 atom stereocenters. The molecule has 0 bridgehead atoms. The minimum Gasteiger partial charge on any atom is -0.384 e. The first-order chi connectivity index (χ1) is 16.7. The van der Waals surface area contributed by atoms with E-state index in [1.807, 2.05) is 49.3 Å². The highest BCUT2D eigenvalue weighted by Crippen LogP contribution is 2.27. The summed E-state index contributed by atoms with van der Waals surface area (Å²) in [5, 5.41) is 6.60. The van der Waals surface area contributed by atoms with E-state index < -0.39 is 12.0 Å². The van der Waals surface area contributed by atoms with E-state index in [-0.39, 0.29) is 24.9 Å². The molecule has 35 heavy (non-hydrogen) atoms. The van der Waals surface area contributed by atoms with Crippen molar-refractivity contribution in [2.24, 2.45) is 0 Å². The maximum atomic E-state index is 13.2. The second-order valence-electron chi connectivity index (χ2n) is 8.45. The van der Waals surface area contributed by atoms with Crippen LogP contribution in [0.2, 0.25) is 10.0 Å². The highest BCUT2D eigenvalue weighted by atomic mass is 35.5. The summed E-state index contributed by atoms with van der Waals surface area (Å²) in [5.41, 5.74) is 8.14. The number of nitrogens with zero attached hydrogens (tertiary/aromatic N) is 2. The van der Waals surface area contributed by atoms with Crippen molar-refractivity contribution < 1.29 is 9.59 Å². The van der Waals surface area contributed by atoms with Crippen LogP contribution in [0.1, 0.15) is 22.6 Å². The van der Waals surface area contributed by atoms with E-state index in [1.165, 1.54) is 0 Å². The number of amides is 2. The Labute approximate surface area is 215 Å². The molecular formula is C26H29Cl2N5O2. The van der Waals surface area contributed by atoms with Crippen molar-refractivity contribution >= 4 is 40.8 Å². The summed E-state index contributed by atoms with van der Waals surface area (Å²) in [6.07, 6.45) is 2.16. The summed E-state index contributed by atoms with van der Waals surface area (Å²) < 4.78 is 0. The lowest BCUT2D eigenvalue weighted by Crippen LogP contribution is -2.47. The molecule has 4 N–H and O–H groups in total. The zero-order valence-electron chi connectivity index (χ0n) is 19.7. The molecule has 0 unspecified atom stereocenters. The van der Waals surface area contributed by atoms with Crippen molar-refractivity contribution in [1.82, 2.24) is 20.5 Å². The number of hydrogen-bond acceptors (Lipinski definition) is 5. The molecule has 0 saturated carbocycles. The predicted octanol–water partition coefficient (Wildman–Crippen LogP) is 3.66. The standard InChI is InChI=1S/C26H29Cl2N5O2/c1-33(2)23(12-17-6-4-3-5-7-17)26(35)32-16-20(19-9-10-21(27)22(28)13-19)25(34)31-15-18-8-11-24(29)30-14-18/h3-11,13-14,20,23H,12,15-16H2,1-2H3,(H2,29,30)(H,31,34)(H,32,35)/t20-,23+/m0/s1. The summed E-state index contributed by atoms with van der Waals surface area (Å²) in [6, 6.07) is 17.9. The van der Waals surface area contributed by atoms with Crippen LogP contribution < -0.4 is 16.4 Å². The van der Waals surface area contributed by atoms with E-state index in [1.54, 1.807) is 36.5 Å². The Kier molecular flexibility index (Phi) is 9.48. The number of hydrogen-bond donors (Lipinski definition) is 3. The van der Waals surface area contributed by atoms with Crippen LogP contribution in [0.15, 0.2) is 66.9 Å². The van der Waals surface area contributed by atoms with Crippen LogP contribution in [0, 0.1) is 0 Å². The predicted molar refractivity (Wildman–Crippen MR) is 140 cm³/mol. The molecule has 0 saturated heterocycles. The van der Waals surface area contributed by atoms with Gasteiger partial charge in [0, 0.05) is 19.3 Å². The molecule has 3 aromatic rings. The first kappa shape index (κ1) is 26.5. The van der Waals surface area contributed by atoms with E-state index in [0.29, 0.717) is 27.8 Å². The fourth-order valence-electron chi connectivity index (χ4n) is 3.61. The third kappa shape index (κ3) is 7.68. The first-order valence-corrected chi connectivity index (χ1v) is 11.9. The van der Waals surface area contributed by atoms with Crippen LogP contribution >= 0.6 is 23.2 Å². The SMILES string of the molecule is CN(C)[C@H](Cc1ccccc1)C(=O)NC[C@H](C(=O)NCc1ccc(N)nc1)c1ccc(Cl)c(Cl)c1. The number of halogens is 2. The zero-order valence-corrected chi connectivity index (χ0v) is 21.2. The molecule has 0 aliphatic rings. The largest absolute Gasteiger partial charge is 0.384 e. The van der Waals surface area contributed by atoms with Crippen molar-refractivity contribution in [2.45, 2.75) is 24.9 Å². The summed E-state index contributed by atoms with van der Waals surface area (Å²) in [7, 11) is 3.72. The van der Waals surface area contributed by atoms with Gasteiger partial charge in [-0.05, 0) is 55.4 Å². The quantitative estimate of drug-likeness (QED) is 0.384. The van der Waals surface area contributed by atoms with Gasteiger partial charge in [0.1, 0.15) is 5.82 Å². The van der Waals surface area contributed by atoms with E-state index in [4.69, 9.17) is 28.9 Å². The van der Waals surface area contributed by atoms with Crippen LogP contribution in [0.5, 0.6) is 0 Å². The number of pyridine rings is 1. The number of nitrogens with one attached hydrogen (secondary N) is 2. The smallest absolute Gasteiger partial charge is 0.237 e. The summed E-state index contributed by atoms with van der Waals surface area (Å²) in [6.45, 7) is 0.369. The molecule has 0 radical (unpaired) electrons. The maximum absolute atomic E-state index is 13.2. The molecule has 1 heterocycles. The summed E-state index contributed by atoms with van der Waals surface area (Å²) >= 11 is 12.3. The number of benzene rings is 2. The zero-order chi connectivity index (χ0) is 25.4. The Morgan fingerprint density at radius 2 is 1.69 bits per heavy atom. The van der Waals surface area contributed by atoms with Crippen LogP contribution in [0.3, 0.4) is 0 Å². The average Bonchev–Trinajstić information content (AvgIpc) is 2.84. The van der Waals surface area contributed by atoms with E-state index in [2.05, 4.69) is 15.6 Å². The Balaban J connectivity index is 1.73. The number of nitrogen functional groups attached to an aromatic ring is 1. The van der Waals surface area contributed by atoms with Gasteiger partial charge in [-0.2, -0.15) is 0 Å². The van der Waals surface area contributed by atoms with Gasteiger partial charge in [0.25, 0.3) is 0 Å². The average molecular weight is 514 g/mol. The van der Waals surface area contributed by atoms with Gasteiger partial charge in [-0.1, -0.05) is 65.7 Å². The molecule has 9 heteroatoms. The fraction of sp³-hybridized carbons (Fsp3) is 0.269. The van der Waals surface area contributed by atoms with Crippen molar-refractivity contribution in [3.8, 4) is 0 Å². The second-order valence-corrected chi connectivity index (χ2v) is 9.26. The lowest BCUT2D eigenvalue weighted by atomic mass is 9.97. The molecule has 3 rings (SSSR count). The number of anilines is 1. The lowest BCUT2D eigenvalue weighted by Gasteiger charge is -2.25. The van der Waals surface area contributed by atoms with Gasteiger partial charge in [-0.25, -0.2) is 4.98 Å². The summed E-state index contributed by atoms with van der Waals surface area (Å²) in [5.74, 6) is -0.693. The fourth-order valence-corrected chi connectivity index (χ4v) is 3.92. The monoisotopic (exact) mass is 513 g/mol. The lowest BCUT2D eigenvalue weighted by molar-refractivity contribution is -0.126. The highest BCUT2D eigenvalue weighted by Gasteiger charge is 2.26. The molecule has 0 aliphatic carbocycles. The Hall–Kier alpha value is -3.13. The molecule has 2 aromatic carbocycles. The molecular weight excluding hydrogens is 485 g/mol. The molecule has 7 nitrogen and oxygen atoms in total.